The molecule has 0 N–H and O–H groups in total. The van der Waals surface area contributed by atoms with Crippen LogP contribution in [0.15, 0.2) is 48.5 Å². The van der Waals surface area contributed by atoms with Crippen molar-refractivity contribution >= 4 is 23.5 Å². The first-order chi connectivity index (χ1) is 10.5. The van der Waals surface area contributed by atoms with Gasteiger partial charge in [-0.15, -0.1) is 0 Å². The fourth-order valence-electron chi connectivity index (χ4n) is 1.91. The van der Waals surface area contributed by atoms with Gasteiger partial charge in [0.1, 0.15) is 12.3 Å². The Morgan fingerprint density at radius 2 is 1.82 bits per heavy atom. The van der Waals surface area contributed by atoms with Gasteiger partial charge in [-0.2, -0.15) is 0 Å². The minimum absolute atomic E-state index is 0.130. The molecular weight excluding hydrogens is 302 g/mol. The van der Waals surface area contributed by atoms with Gasteiger partial charge in [0.15, 0.2) is 0 Å². The molecule has 2 rings (SSSR count). The number of benzene rings is 2. The molecule has 0 bridgehead atoms. The lowest BCUT2D eigenvalue weighted by molar-refractivity contribution is -0.134. The summed E-state index contributed by atoms with van der Waals surface area (Å²) in [5.74, 6) is -0.328. The van der Waals surface area contributed by atoms with E-state index in [0.29, 0.717) is 16.3 Å². The summed E-state index contributed by atoms with van der Waals surface area (Å²) in [6, 6.07) is 13.7. The first kappa shape index (κ1) is 16.0. The van der Waals surface area contributed by atoms with Crippen molar-refractivity contribution in [2.24, 2.45) is 0 Å². The Balaban J connectivity index is 1.96. The molecule has 0 heterocycles. The predicted molar refractivity (Wildman–Crippen MR) is 85.2 cm³/mol. The van der Waals surface area contributed by atoms with Gasteiger partial charge in [0, 0.05) is 17.6 Å². The average Bonchev–Trinajstić information content (AvgIpc) is 2.51. The van der Waals surface area contributed by atoms with E-state index in [0.717, 1.165) is 5.56 Å². The molecule has 0 fully saturated rings. The van der Waals surface area contributed by atoms with Gasteiger partial charge in [-0.05, 0) is 42.8 Å². The number of nitrogens with zero attached hydrogens (tertiary/aromatic N) is 1. The molecular formula is C17H16ClNO3. The molecule has 5 heteroatoms. The summed E-state index contributed by atoms with van der Waals surface area (Å²) in [6.07, 6.45) is 0. The van der Waals surface area contributed by atoms with Gasteiger partial charge in [0.05, 0.1) is 0 Å². The van der Waals surface area contributed by atoms with Crippen molar-refractivity contribution in [3.63, 3.8) is 0 Å². The smallest absolute Gasteiger partial charge is 0.331 e. The Kier molecular flexibility index (Phi) is 5.17. The van der Waals surface area contributed by atoms with Crippen LogP contribution in [-0.4, -0.2) is 30.4 Å². The van der Waals surface area contributed by atoms with Crippen molar-refractivity contribution < 1.29 is 14.3 Å². The summed E-state index contributed by atoms with van der Waals surface area (Å²) in [5, 5.41) is 0.608. The van der Waals surface area contributed by atoms with E-state index in [1.807, 2.05) is 13.0 Å². The second-order valence-electron chi connectivity index (χ2n) is 4.91. The molecule has 0 aromatic heterocycles. The number of rotatable bonds is 4. The van der Waals surface area contributed by atoms with E-state index in [4.69, 9.17) is 16.3 Å². The quantitative estimate of drug-likeness (QED) is 0.642. The molecule has 0 saturated carbocycles. The fourth-order valence-corrected chi connectivity index (χ4v) is 2.03. The summed E-state index contributed by atoms with van der Waals surface area (Å²) >= 11 is 5.92. The van der Waals surface area contributed by atoms with Crippen molar-refractivity contribution in [2.45, 2.75) is 6.92 Å². The zero-order valence-electron chi connectivity index (χ0n) is 12.4. The SMILES string of the molecule is Cc1cc(OC(=O)CN(C)C(=O)c2ccccc2)ccc1Cl. The van der Waals surface area contributed by atoms with E-state index in [1.165, 1.54) is 4.90 Å². The van der Waals surface area contributed by atoms with Crippen LogP contribution in [0.5, 0.6) is 5.75 Å². The van der Waals surface area contributed by atoms with E-state index in [-0.39, 0.29) is 12.5 Å². The van der Waals surface area contributed by atoms with Crippen molar-refractivity contribution in [3.8, 4) is 5.75 Å². The molecule has 0 unspecified atom stereocenters. The van der Waals surface area contributed by atoms with Gasteiger partial charge in [-0.25, -0.2) is 4.79 Å². The monoisotopic (exact) mass is 317 g/mol. The highest BCUT2D eigenvalue weighted by atomic mass is 35.5. The number of aryl methyl sites for hydroxylation is 1. The van der Waals surface area contributed by atoms with Crippen LogP contribution in [0, 0.1) is 6.92 Å². The first-order valence-corrected chi connectivity index (χ1v) is 7.12. The number of hydrogen-bond acceptors (Lipinski definition) is 3. The van der Waals surface area contributed by atoms with Gasteiger partial charge < -0.3 is 9.64 Å². The molecule has 0 spiro atoms. The molecule has 0 saturated heterocycles. The predicted octanol–water partition coefficient (Wildman–Crippen LogP) is 3.33. The first-order valence-electron chi connectivity index (χ1n) is 6.74. The minimum atomic E-state index is -0.506. The second kappa shape index (κ2) is 7.09. The van der Waals surface area contributed by atoms with Gasteiger partial charge >= 0.3 is 5.97 Å². The molecule has 4 nitrogen and oxygen atoms in total. The standard InChI is InChI=1S/C17H16ClNO3/c1-12-10-14(8-9-15(12)18)22-16(20)11-19(2)17(21)13-6-4-3-5-7-13/h3-10H,11H2,1-2H3. The van der Waals surface area contributed by atoms with Crippen LogP contribution in [0.1, 0.15) is 15.9 Å². The molecule has 0 radical (unpaired) electrons. The molecule has 0 aliphatic rings. The number of ether oxygens (including phenoxy) is 1. The van der Waals surface area contributed by atoms with Gasteiger partial charge in [0.2, 0.25) is 0 Å². The largest absolute Gasteiger partial charge is 0.425 e. The number of halogens is 1. The van der Waals surface area contributed by atoms with E-state index in [9.17, 15) is 9.59 Å². The van der Waals surface area contributed by atoms with E-state index < -0.39 is 5.97 Å². The summed E-state index contributed by atoms with van der Waals surface area (Å²) in [7, 11) is 1.56. The van der Waals surface area contributed by atoms with Gasteiger partial charge in [0.25, 0.3) is 5.91 Å². The third-order valence-corrected chi connectivity index (χ3v) is 3.52. The van der Waals surface area contributed by atoms with Gasteiger partial charge in [-0.1, -0.05) is 29.8 Å². The Bertz CT molecular complexity index is 686. The molecule has 1 amide bonds. The third kappa shape index (κ3) is 4.09. The second-order valence-corrected chi connectivity index (χ2v) is 5.32. The number of hydrogen-bond donors (Lipinski definition) is 0. The van der Waals surface area contributed by atoms with Crippen LogP contribution in [0.3, 0.4) is 0 Å². The molecule has 2 aromatic rings. The number of carbonyl (C=O) groups excluding carboxylic acids is 2. The maximum atomic E-state index is 12.1. The Morgan fingerprint density at radius 3 is 2.45 bits per heavy atom. The normalized spacial score (nSPS) is 10.1. The van der Waals surface area contributed by atoms with Gasteiger partial charge in [-0.3, -0.25) is 4.79 Å². The van der Waals surface area contributed by atoms with E-state index in [2.05, 4.69) is 0 Å². The lowest BCUT2D eigenvalue weighted by Gasteiger charge is -2.16. The van der Waals surface area contributed by atoms with Crippen LogP contribution in [0.2, 0.25) is 5.02 Å². The lowest BCUT2D eigenvalue weighted by Crippen LogP contribution is -2.34. The van der Waals surface area contributed by atoms with Crippen LogP contribution < -0.4 is 4.74 Å². The highest BCUT2D eigenvalue weighted by molar-refractivity contribution is 6.31. The van der Waals surface area contributed by atoms with E-state index >= 15 is 0 Å². The van der Waals surface area contributed by atoms with Crippen molar-refractivity contribution in [3.05, 3.63) is 64.7 Å². The topological polar surface area (TPSA) is 46.6 Å². The Labute approximate surface area is 134 Å². The number of esters is 1. The van der Waals surface area contributed by atoms with Crippen molar-refractivity contribution in [1.82, 2.24) is 4.90 Å². The molecule has 0 aliphatic carbocycles. The fraction of sp³-hybridized carbons (Fsp3) is 0.176. The average molecular weight is 318 g/mol. The lowest BCUT2D eigenvalue weighted by atomic mass is 10.2. The molecule has 114 valence electrons. The highest BCUT2D eigenvalue weighted by Crippen LogP contribution is 2.21. The Hall–Kier alpha value is -2.33. The zero-order valence-corrected chi connectivity index (χ0v) is 13.1. The highest BCUT2D eigenvalue weighted by Gasteiger charge is 2.16. The van der Waals surface area contributed by atoms with E-state index in [1.54, 1.807) is 49.5 Å². The van der Waals surface area contributed by atoms with Crippen LogP contribution in [-0.2, 0) is 4.79 Å². The zero-order chi connectivity index (χ0) is 16.1. The number of carbonyl (C=O) groups is 2. The molecule has 22 heavy (non-hydrogen) atoms. The van der Waals surface area contributed by atoms with Crippen molar-refractivity contribution in [1.29, 1.82) is 0 Å². The molecule has 0 atom stereocenters. The molecule has 0 aliphatic heterocycles. The maximum absolute atomic E-state index is 12.1. The van der Waals surface area contributed by atoms with Crippen LogP contribution in [0.25, 0.3) is 0 Å². The summed E-state index contributed by atoms with van der Waals surface area (Å²) in [4.78, 5) is 25.4. The Morgan fingerprint density at radius 1 is 1.14 bits per heavy atom. The van der Waals surface area contributed by atoms with Crippen molar-refractivity contribution in [2.75, 3.05) is 13.6 Å². The summed E-state index contributed by atoms with van der Waals surface area (Å²) in [6.45, 7) is 1.69. The number of amides is 1. The summed E-state index contributed by atoms with van der Waals surface area (Å²) < 4.78 is 5.22. The summed E-state index contributed by atoms with van der Waals surface area (Å²) in [5.41, 5.74) is 1.35. The number of likely N-dealkylation sites (N-methyl/N-ethyl adjacent to an activating group) is 1. The maximum Gasteiger partial charge on any atom is 0.331 e. The van der Waals surface area contributed by atoms with Crippen LogP contribution >= 0.6 is 11.6 Å². The molecule has 2 aromatic carbocycles. The van der Waals surface area contributed by atoms with Crippen LogP contribution in [0.4, 0.5) is 0 Å². The third-order valence-electron chi connectivity index (χ3n) is 3.09. The minimum Gasteiger partial charge on any atom is -0.425 e.